The van der Waals surface area contributed by atoms with Crippen LogP contribution in [0.4, 0.5) is 5.69 Å². The summed E-state index contributed by atoms with van der Waals surface area (Å²) in [5, 5.41) is 24.1. The Labute approximate surface area is 199 Å². The average molecular weight is 473 g/mol. The van der Waals surface area contributed by atoms with Crippen LogP contribution in [0.3, 0.4) is 0 Å². The number of nitro groups is 1. The summed E-state index contributed by atoms with van der Waals surface area (Å²) in [7, 11) is 0. The monoisotopic (exact) mass is 472 g/mol. The van der Waals surface area contributed by atoms with Crippen LogP contribution in [0.5, 0.6) is 0 Å². The molecule has 0 atom stereocenters. The van der Waals surface area contributed by atoms with Gasteiger partial charge in [0.05, 0.1) is 16.4 Å². The van der Waals surface area contributed by atoms with Crippen molar-refractivity contribution in [1.29, 1.82) is 0 Å². The van der Waals surface area contributed by atoms with E-state index in [-0.39, 0.29) is 17.3 Å². The van der Waals surface area contributed by atoms with E-state index in [1.54, 1.807) is 19.1 Å². The van der Waals surface area contributed by atoms with Crippen molar-refractivity contribution in [3.05, 3.63) is 101 Å². The molecule has 0 radical (unpaired) electrons. The highest BCUT2D eigenvalue weighted by Crippen LogP contribution is 2.27. The second kappa shape index (κ2) is 10.5. The molecule has 4 rings (SSSR count). The second-order valence-corrected chi connectivity index (χ2v) is 8.11. The molecule has 10 heteroatoms. The van der Waals surface area contributed by atoms with Crippen molar-refractivity contribution < 1.29 is 9.72 Å². The summed E-state index contributed by atoms with van der Waals surface area (Å²) in [5.74, 6) is 0.452. The SMILES string of the molecule is C/C(=N/NC(=O)CSc1nnc(-c2ccccc2)n1-c1ccccc1)c1ccc([N+](=O)[O-])cc1. The van der Waals surface area contributed by atoms with Gasteiger partial charge in [0, 0.05) is 23.4 Å². The normalized spacial score (nSPS) is 11.3. The molecule has 9 nitrogen and oxygen atoms in total. The van der Waals surface area contributed by atoms with E-state index in [9.17, 15) is 14.9 Å². The summed E-state index contributed by atoms with van der Waals surface area (Å²) in [6.45, 7) is 1.72. The third-order valence-electron chi connectivity index (χ3n) is 4.86. The molecule has 0 fully saturated rings. The van der Waals surface area contributed by atoms with Crippen molar-refractivity contribution >= 4 is 29.1 Å². The van der Waals surface area contributed by atoms with Crippen LogP contribution in [0.1, 0.15) is 12.5 Å². The minimum atomic E-state index is -0.466. The molecule has 0 unspecified atom stereocenters. The lowest BCUT2D eigenvalue weighted by Crippen LogP contribution is -2.21. The Kier molecular flexibility index (Phi) is 7.09. The molecule has 1 N–H and O–H groups in total. The van der Waals surface area contributed by atoms with Gasteiger partial charge in [0.15, 0.2) is 11.0 Å². The fourth-order valence-corrected chi connectivity index (χ4v) is 3.89. The Balaban J connectivity index is 1.47. The zero-order valence-electron chi connectivity index (χ0n) is 18.2. The largest absolute Gasteiger partial charge is 0.272 e. The van der Waals surface area contributed by atoms with E-state index in [1.165, 1.54) is 23.9 Å². The fourth-order valence-electron chi connectivity index (χ4n) is 3.14. The van der Waals surface area contributed by atoms with Gasteiger partial charge in [0.2, 0.25) is 0 Å². The van der Waals surface area contributed by atoms with Crippen LogP contribution >= 0.6 is 11.8 Å². The van der Waals surface area contributed by atoms with Crippen LogP contribution in [-0.4, -0.2) is 37.1 Å². The topological polar surface area (TPSA) is 115 Å². The van der Waals surface area contributed by atoms with Gasteiger partial charge >= 0.3 is 0 Å². The van der Waals surface area contributed by atoms with Crippen LogP contribution in [0, 0.1) is 10.1 Å². The zero-order chi connectivity index (χ0) is 23.9. The molecule has 0 saturated heterocycles. The predicted molar refractivity (Wildman–Crippen MR) is 131 cm³/mol. The van der Waals surface area contributed by atoms with Crippen molar-refractivity contribution in [1.82, 2.24) is 20.2 Å². The Hall–Kier alpha value is -4.31. The molecule has 34 heavy (non-hydrogen) atoms. The number of thioether (sulfide) groups is 1. The van der Waals surface area contributed by atoms with Crippen LogP contribution in [0.25, 0.3) is 17.1 Å². The maximum absolute atomic E-state index is 12.4. The number of amides is 1. The fraction of sp³-hybridized carbons (Fsp3) is 0.0833. The van der Waals surface area contributed by atoms with E-state index < -0.39 is 4.92 Å². The third kappa shape index (κ3) is 5.36. The molecule has 1 heterocycles. The van der Waals surface area contributed by atoms with Crippen LogP contribution in [0.2, 0.25) is 0 Å². The molecule has 1 aromatic heterocycles. The van der Waals surface area contributed by atoms with E-state index in [1.807, 2.05) is 65.2 Å². The first-order valence-corrected chi connectivity index (χ1v) is 11.3. The van der Waals surface area contributed by atoms with E-state index >= 15 is 0 Å². The molecular weight excluding hydrogens is 452 g/mol. The van der Waals surface area contributed by atoms with Gasteiger partial charge in [-0.3, -0.25) is 19.5 Å². The molecule has 0 aliphatic rings. The summed E-state index contributed by atoms with van der Waals surface area (Å²) in [4.78, 5) is 22.8. The smallest absolute Gasteiger partial charge is 0.269 e. The maximum Gasteiger partial charge on any atom is 0.269 e. The summed E-state index contributed by atoms with van der Waals surface area (Å²) >= 11 is 1.25. The summed E-state index contributed by atoms with van der Waals surface area (Å²) in [5.41, 5.74) is 5.53. The van der Waals surface area contributed by atoms with E-state index in [0.29, 0.717) is 22.3 Å². The standard InChI is InChI=1S/C24H20N6O3S/c1-17(18-12-14-21(15-13-18)30(32)33)25-26-22(31)16-34-24-28-27-23(19-8-4-2-5-9-19)29(24)20-10-6-3-7-11-20/h2-15H,16H2,1H3,(H,26,31)/b25-17-. The number of non-ortho nitro benzene ring substituents is 1. The van der Waals surface area contributed by atoms with Gasteiger partial charge in [0.25, 0.3) is 11.6 Å². The molecular formula is C24H20N6O3S. The minimum Gasteiger partial charge on any atom is -0.272 e. The van der Waals surface area contributed by atoms with Crippen molar-refractivity contribution in [2.24, 2.45) is 5.10 Å². The van der Waals surface area contributed by atoms with Gasteiger partial charge in [-0.05, 0) is 36.8 Å². The van der Waals surface area contributed by atoms with Crippen molar-refractivity contribution in [2.75, 3.05) is 5.75 Å². The average Bonchev–Trinajstić information content (AvgIpc) is 3.31. The van der Waals surface area contributed by atoms with Crippen molar-refractivity contribution in [2.45, 2.75) is 12.1 Å². The van der Waals surface area contributed by atoms with Gasteiger partial charge in [-0.2, -0.15) is 5.10 Å². The molecule has 0 bridgehead atoms. The number of benzene rings is 3. The quantitative estimate of drug-likeness (QED) is 0.175. The first-order chi connectivity index (χ1) is 16.5. The molecule has 0 aliphatic carbocycles. The van der Waals surface area contributed by atoms with Crippen molar-refractivity contribution in [3.8, 4) is 17.1 Å². The van der Waals surface area contributed by atoms with Crippen LogP contribution in [-0.2, 0) is 4.79 Å². The third-order valence-corrected chi connectivity index (χ3v) is 5.79. The number of rotatable bonds is 8. The molecule has 0 spiro atoms. The lowest BCUT2D eigenvalue weighted by molar-refractivity contribution is -0.384. The first kappa shape index (κ1) is 22.9. The number of nitrogens with one attached hydrogen (secondary N) is 1. The number of nitrogens with zero attached hydrogens (tertiary/aromatic N) is 5. The Morgan fingerprint density at radius 3 is 2.29 bits per heavy atom. The molecule has 3 aromatic carbocycles. The van der Waals surface area contributed by atoms with E-state index in [2.05, 4.69) is 20.7 Å². The summed E-state index contributed by atoms with van der Waals surface area (Å²) in [6, 6.07) is 25.4. The van der Waals surface area contributed by atoms with Gasteiger partial charge in [-0.15, -0.1) is 10.2 Å². The predicted octanol–water partition coefficient (Wildman–Crippen LogP) is 4.48. The van der Waals surface area contributed by atoms with Gasteiger partial charge in [0.1, 0.15) is 0 Å². The zero-order valence-corrected chi connectivity index (χ0v) is 19.0. The minimum absolute atomic E-state index is 0.00520. The lowest BCUT2D eigenvalue weighted by atomic mass is 10.1. The highest BCUT2D eigenvalue weighted by atomic mass is 32.2. The molecule has 1 amide bonds. The number of aromatic nitrogens is 3. The number of carbonyl (C=O) groups excluding carboxylic acids is 1. The Bertz CT molecular complexity index is 1320. The van der Waals surface area contributed by atoms with Gasteiger partial charge in [-0.25, -0.2) is 5.43 Å². The molecule has 0 aliphatic heterocycles. The first-order valence-electron chi connectivity index (χ1n) is 10.3. The second-order valence-electron chi connectivity index (χ2n) is 7.17. The highest BCUT2D eigenvalue weighted by Gasteiger charge is 2.17. The molecule has 4 aromatic rings. The van der Waals surface area contributed by atoms with E-state index in [4.69, 9.17) is 0 Å². The molecule has 170 valence electrons. The van der Waals surface area contributed by atoms with Crippen LogP contribution < -0.4 is 5.43 Å². The Morgan fingerprint density at radius 2 is 1.65 bits per heavy atom. The highest BCUT2D eigenvalue weighted by molar-refractivity contribution is 7.99. The summed E-state index contributed by atoms with van der Waals surface area (Å²) < 4.78 is 1.92. The van der Waals surface area contributed by atoms with Crippen LogP contribution in [0.15, 0.2) is 95.2 Å². The number of carbonyl (C=O) groups is 1. The number of hydrogen-bond acceptors (Lipinski definition) is 7. The van der Waals surface area contributed by atoms with Gasteiger partial charge in [-0.1, -0.05) is 60.3 Å². The Morgan fingerprint density at radius 1 is 1.00 bits per heavy atom. The number of para-hydroxylation sites is 1. The molecule has 0 saturated carbocycles. The summed E-state index contributed by atoms with van der Waals surface area (Å²) in [6.07, 6.45) is 0. The van der Waals surface area contributed by atoms with Crippen molar-refractivity contribution in [3.63, 3.8) is 0 Å². The maximum atomic E-state index is 12.4. The number of nitro benzene ring substituents is 1. The lowest BCUT2D eigenvalue weighted by Gasteiger charge is -2.10. The van der Waals surface area contributed by atoms with Gasteiger partial charge < -0.3 is 0 Å². The number of hydrazone groups is 1. The number of hydrogen-bond donors (Lipinski definition) is 1. The van der Waals surface area contributed by atoms with E-state index in [0.717, 1.165) is 11.3 Å².